The lowest BCUT2D eigenvalue weighted by atomic mass is 9.97. The molecular formula is C14H10FNO3. The van der Waals surface area contributed by atoms with Gasteiger partial charge in [0.2, 0.25) is 5.82 Å². The standard InChI is InChI=1S/C14H10FNO3/c1-9-7-8-11(15)13(16(18)19)12(9)14(17)10-5-3-2-4-6-10/h2-8H,1H3. The lowest BCUT2D eigenvalue weighted by Crippen LogP contribution is -2.09. The molecule has 0 N–H and O–H groups in total. The number of benzene rings is 2. The van der Waals surface area contributed by atoms with Gasteiger partial charge in [-0.3, -0.25) is 14.9 Å². The van der Waals surface area contributed by atoms with Gasteiger partial charge in [0.1, 0.15) is 5.56 Å². The fraction of sp³-hybridized carbons (Fsp3) is 0.0714. The summed E-state index contributed by atoms with van der Waals surface area (Å²) in [7, 11) is 0. The topological polar surface area (TPSA) is 60.2 Å². The van der Waals surface area contributed by atoms with Crippen LogP contribution in [0.25, 0.3) is 0 Å². The second-order valence-electron chi connectivity index (χ2n) is 4.04. The maximum absolute atomic E-state index is 13.6. The number of nitrogens with zero attached hydrogens (tertiary/aromatic N) is 1. The van der Waals surface area contributed by atoms with Crippen LogP contribution in [0.5, 0.6) is 0 Å². The fourth-order valence-electron chi connectivity index (χ4n) is 1.87. The molecule has 96 valence electrons. The summed E-state index contributed by atoms with van der Waals surface area (Å²) < 4.78 is 13.6. The van der Waals surface area contributed by atoms with Crippen LogP contribution in [-0.4, -0.2) is 10.7 Å². The van der Waals surface area contributed by atoms with Crippen molar-refractivity contribution in [2.24, 2.45) is 0 Å². The van der Waals surface area contributed by atoms with Gasteiger partial charge in [-0.1, -0.05) is 36.4 Å². The van der Waals surface area contributed by atoms with Crippen LogP contribution in [0.1, 0.15) is 21.5 Å². The Labute approximate surface area is 108 Å². The van der Waals surface area contributed by atoms with Crippen molar-refractivity contribution < 1.29 is 14.1 Å². The van der Waals surface area contributed by atoms with Crippen LogP contribution in [0.4, 0.5) is 10.1 Å². The first-order valence-corrected chi connectivity index (χ1v) is 5.55. The Kier molecular flexibility index (Phi) is 3.37. The molecule has 0 aliphatic heterocycles. The Morgan fingerprint density at radius 1 is 1.16 bits per heavy atom. The first-order valence-electron chi connectivity index (χ1n) is 5.55. The predicted molar refractivity (Wildman–Crippen MR) is 67.7 cm³/mol. The van der Waals surface area contributed by atoms with Gasteiger partial charge in [0.05, 0.1) is 4.92 Å². The van der Waals surface area contributed by atoms with Gasteiger partial charge >= 0.3 is 5.69 Å². The molecule has 0 radical (unpaired) electrons. The second-order valence-corrected chi connectivity index (χ2v) is 4.04. The van der Waals surface area contributed by atoms with Crippen molar-refractivity contribution in [1.29, 1.82) is 0 Å². The Morgan fingerprint density at radius 3 is 2.37 bits per heavy atom. The van der Waals surface area contributed by atoms with E-state index in [0.717, 1.165) is 6.07 Å². The number of nitro benzene ring substituents is 1. The van der Waals surface area contributed by atoms with Gasteiger partial charge in [0, 0.05) is 5.56 Å². The van der Waals surface area contributed by atoms with E-state index >= 15 is 0 Å². The third-order valence-electron chi connectivity index (χ3n) is 2.78. The van der Waals surface area contributed by atoms with Crippen molar-refractivity contribution in [3.63, 3.8) is 0 Å². The van der Waals surface area contributed by atoms with E-state index in [-0.39, 0.29) is 5.56 Å². The molecular weight excluding hydrogens is 249 g/mol. The Bertz CT molecular complexity index is 653. The van der Waals surface area contributed by atoms with E-state index in [0.29, 0.717) is 11.1 Å². The molecule has 0 fully saturated rings. The van der Waals surface area contributed by atoms with Crippen LogP contribution in [0.3, 0.4) is 0 Å². The quantitative estimate of drug-likeness (QED) is 0.483. The monoisotopic (exact) mass is 259 g/mol. The highest BCUT2D eigenvalue weighted by atomic mass is 19.1. The maximum atomic E-state index is 13.6. The highest BCUT2D eigenvalue weighted by Crippen LogP contribution is 2.28. The van der Waals surface area contributed by atoms with Crippen LogP contribution >= 0.6 is 0 Å². The van der Waals surface area contributed by atoms with Gasteiger partial charge in [-0.25, -0.2) is 0 Å². The summed E-state index contributed by atoms with van der Waals surface area (Å²) in [6.07, 6.45) is 0. The molecule has 0 heterocycles. The summed E-state index contributed by atoms with van der Waals surface area (Å²) in [5.41, 5.74) is -0.300. The second kappa shape index (κ2) is 4.97. The van der Waals surface area contributed by atoms with Gasteiger partial charge in [-0.15, -0.1) is 0 Å². The number of hydrogen-bond acceptors (Lipinski definition) is 3. The molecule has 2 rings (SSSR count). The maximum Gasteiger partial charge on any atom is 0.316 e. The lowest BCUT2D eigenvalue weighted by molar-refractivity contribution is -0.387. The average Bonchev–Trinajstić information content (AvgIpc) is 2.41. The van der Waals surface area contributed by atoms with E-state index in [2.05, 4.69) is 0 Å². The zero-order valence-corrected chi connectivity index (χ0v) is 10.1. The molecule has 0 spiro atoms. The normalized spacial score (nSPS) is 10.2. The largest absolute Gasteiger partial charge is 0.316 e. The number of carbonyl (C=O) groups is 1. The molecule has 2 aromatic carbocycles. The molecule has 5 heteroatoms. The van der Waals surface area contributed by atoms with Crippen molar-refractivity contribution in [3.05, 3.63) is 75.1 Å². The molecule has 4 nitrogen and oxygen atoms in total. The summed E-state index contributed by atoms with van der Waals surface area (Å²) in [6.45, 7) is 1.54. The number of hydrogen-bond donors (Lipinski definition) is 0. The molecule has 0 aromatic heterocycles. The van der Waals surface area contributed by atoms with Gasteiger partial charge in [0.15, 0.2) is 5.78 Å². The Morgan fingerprint density at radius 2 is 1.79 bits per heavy atom. The summed E-state index contributed by atoms with van der Waals surface area (Å²) in [5, 5.41) is 10.9. The van der Waals surface area contributed by atoms with Crippen molar-refractivity contribution in [2.45, 2.75) is 6.92 Å². The molecule has 0 aliphatic rings. The Hall–Kier alpha value is -2.56. The molecule has 0 aliphatic carbocycles. The zero-order valence-electron chi connectivity index (χ0n) is 10.1. The minimum Gasteiger partial charge on any atom is -0.288 e. The highest BCUT2D eigenvalue weighted by Gasteiger charge is 2.27. The molecule has 0 bridgehead atoms. The van der Waals surface area contributed by atoms with E-state index < -0.39 is 22.2 Å². The minimum atomic E-state index is -1.00. The third kappa shape index (κ3) is 2.35. The highest BCUT2D eigenvalue weighted by molar-refractivity contribution is 6.12. The van der Waals surface area contributed by atoms with Crippen LogP contribution in [0.15, 0.2) is 42.5 Å². The zero-order chi connectivity index (χ0) is 14.0. The van der Waals surface area contributed by atoms with E-state index in [9.17, 15) is 19.3 Å². The SMILES string of the molecule is Cc1ccc(F)c([N+](=O)[O-])c1C(=O)c1ccccc1. The van der Waals surface area contributed by atoms with E-state index in [1.807, 2.05) is 0 Å². The van der Waals surface area contributed by atoms with Crippen molar-refractivity contribution in [3.8, 4) is 0 Å². The lowest BCUT2D eigenvalue weighted by Gasteiger charge is -2.06. The van der Waals surface area contributed by atoms with Crippen molar-refractivity contribution >= 4 is 11.5 Å². The van der Waals surface area contributed by atoms with Crippen LogP contribution < -0.4 is 0 Å². The van der Waals surface area contributed by atoms with E-state index in [4.69, 9.17) is 0 Å². The smallest absolute Gasteiger partial charge is 0.288 e. The summed E-state index contributed by atoms with van der Waals surface area (Å²) in [6, 6.07) is 10.4. The van der Waals surface area contributed by atoms with E-state index in [1.165, 1.54) is 18.2 Å². The molecule has 0 amide bonds. The van der Waals surface area contributed by atoms with Crippen molar-refractivity contribution in [1.82, 2.24) is 0 Å². The molecule has 2 aromatic rings. The summed E-state index contributed by atoms with van der Waals surface area (Å²) in [5.74, 6) is -1.56. The molecule has 0 saturated heterocycles. The molecule has 0 saturated carbocycles. The van der Waals surface area contributed by atoms with Gasteiger partial charge in [-0.2, -0.15) is 4.39 Å². The number of carbonyl (C=O) groups excluding carboxylic acids is 1. The van der Waals surface area contributed by atoms with Gasteiger partial charge in [-0.05, 0) is 18.6 Å². The molecule has 0 unspecified atom stereocenters. The number of aryl methyl sites for hydroxylation is 1. The van der Waals surface area contributed by atoms with Crippen LogP contribution in [-0.2, 0) is 0 Å². The van der Waals surface area contributed by atoms with Crippen LogP contribution in [0.2, 0.25) is 0 Å². The Balaban J connectivity index is 2.66. The summed E-state index contributed by atoms with van der Waals surface area (Å²) in [4.78, 5) is 22.4. The number of halogens is 1. The van der Waals surface area contributed by atoms with Gasteiger partial charge in [0.25, 0.3) is 0 Å². The van der Waals surface area contributed by atoms with Crippen molar-refractivity contribution in [2.75, 3.05) is 0 Å². The summed E-state index contributed by atoms with van der Waals surface area (Å²) >= 11 is 0. The average molecular weight is 259 g/mol. The number of rotatable bonds is 3. The first kappa shape index (κ1) is 12.9. The molecule has 0 atom stereocenters. The molecule has 19 heavy (non-hydrogen) atoms. The minimum absolute atomic E-state index is 0.198. The fourth-order valence-corrected chi connectivity index (χ4v) is 1.87. The predicted octanol–water partition coefficient (Wildman–Crippen LogP) is 3.27. The van der Waals surface area contributed by atoms with Gasteiger partial charge < -0.3 is 0 Å². The third-order valence-corrected chi connectivity index (χ3v) is 2.78. The van der Waals surface area contributed by atoms with Crippen LogP contribution in [0, 0.1) is 22.9 Å². The number of nitro groups is 1. The first-order chi connectivity index (χ1) is 9.02. The number of ketones is 1. The van der Waals surface area contributed by atoms with E-state index in [1.54, 1.807) is 25.1 Å².